The van der Waals surface area contributed by atoms with Crippen molar-refractivity contribution in [2.24, 2.45) is 0 Å². The molecule has 0 radical (unpaired) electrons. The van der Waals surface area contributed by atoms with Gasteiger partial charge in [-0.2, -0.15) is 0 Å². The number of piperazine rings is 1. The third-order valence-corrected chi connectivity index (χ3v) is 4.44. The molecule has 1 aromatic carbocycles. The molecule has 1 aromatic heterocycles. The third-order valence-electron chi connectivity index (χ3n) is 4.44. The van der Waals surface area contributed by atoms with Crippen molar-refractivity contribution in [3.05, 3.63) is 42.6 Å². The number of aromatic nitrogens is 1. The number of hydrogen-bond acceptors (Lipinski definition) is 6. The first-order valence-electron chi connectivity index (χ1n) is 8.61. The molecule has 7 nitrogen and oxygen atoms in total. The van der Waals surface area contributed by atoms with Crippen LogP contribution in [-0.2, 0) is 4.79 Å². The molecule has 0 atom stereocenters. The fraction of sp³-hybridized carbons (Fsp3) is 0.368. The normalized spacial score (nSPS) is 14.1. The lowest BCUT2D eigenvalue weighted by Gasteiger charge is -2.35. The smallest absolute Gasteiger partial charge is 0.241 e. The summed E-state index contributed by atoms with van der Waals surface area (Å²) in [4.78, 5) is 20.9. The first-order chi connectivity index (χ1) is 12.7. The molecular formula is C19H24N4O3. The number of nitrogens with one attached hydrogen (secondary N) is 1. The van der Waals surface area contributed by atoms with Crippen LogP contribution < -0.4 is 19.7 Å². The van der Waals surface area contributed by atoms with Gasteiger partial charge in [0.1, 0.15) is 17.3 Å². The van der Waals surface area contributed by atoms with Crippen molar-refractivity contribution < 1.29 is 14.3 Å². The molecule has 1 amide bonds. The van der Waals surface area contributed by atoms with Gasteiger partial charge in [0.05, 0.1) is 26.5 Å². The molecule has 1 aliphatic heterocycles. The molecule has 1 saturated heterocycles. The van der Waals surface area contributed by atoms with Gasteiger partial charge in [-0.15, -0.1) is 0 Å². The molecule has 1 aliphatic rings. The van der Waals surface area contributed by atoms with Gasteiger partial charge >= 0.3 is 0 Å². The summed E-state index contributed by atoms with van der Waals surface area (Å²) in [7, 11) is 3.20. The Morgan fingerprint density at radius 1 is 1.12 bits per heavy atom. The number of nitrogens with zero attached hydrogens (tertiary/aromatic N) is 3. The van der Waals surface area contributed by atoms with Crippen LogP contribution in [0.3, 0.4) is 0 Å². The van der Waals surface area contributed by atoms with Gasteiger partial charge in [0.25, 0.3) is 0 Å². The molecule has 2 heterocycles. The molecule has 0 spiro atoms. The van der Waals surface area contributed by atoms with Crippen molar-refractivity contribution in [3.63, 3.8) is 0 Å². The van der Waals surface area contributed by atoms with Crippen LogP contribution in [-0.4, -0.2) is 62.7 Å². The lowest BCUT2D eigenvalue weighted by molar-refractivity contribution is -0.129. The monoisotopic (exact) mass is 356 g/mol. The molecule has 1 N–H and O–H groups in total. The van der Waals surface area contributed by atoms with Gasteiger partial charge in [0.2, 0.25) is 5.91 Å². The van der Waals surface area contributed by atoms with Crippen LogP contribution in [0, 0.1) is 0 Å². The van der Waals surface area contributed by atoms with E-state index in [2.05, 4.69) is 15.2 Å². The number of amides is 1. The highest BCUT2D eigenvalue weighted by Gasteiger charge is 2.21. The van der Waals surface area contributed by atoms with Crippen LogP contribution in [0.1, 0.15) is 0 Å². The molecule has 26 heavy (non-hydrogen) atoms. The SMILES string of the molecule is COc1ccc(NCC(=O)N2CCN(c3ccccn3)CC2)c(OC)c1. The molecule has 138 valence electrons. The Kier molecular flexibility index (Phi) is 5.78. The van der Waals surface area contributed by atoms with Crippen molar-refractivity contribution in [2.75, 3.05) is 57.2 Å². The zero-order valence-electron chi connectivity index (χ0n) is 15.1. The average Bonchev–Trinajstić information content (AvgIpc) is 2.72. The minimum absolute atomic E-state index is 0.0727. The highest BCUT2D eigenvalue weighted by atomic mass is 16.5. The van der Waals surface area contributed by atoms with Gasteiger partial charge < -0.3 is 24.6 Å². The number of rotatable bonds is 6. The van der Waals surface area contributed by atoms with E-state index in [0.717, 1.165) is 24.6 Å². The summed E-state index contributed by atoms with van der Waals surface area (Å²) in [5.41, 5.74) is 0.772. The summed E-state index contributed by atoms with van der Waals surface area (Å²) in [5.74, 6) is 2.39. The minimum Gasteiger partial charge on any atom is -0.497 e. The Morgan fingerprint density at radius 2 is 1.92 bits per heavy atom. The molecule has 0 unspecified atom stereocenters. The number of hydrogen-bond donors (Lipinski definition) is 1. The molecule has 2 aromatic rings. The van der Waals surface area contributed by atoms with E-state index < -0.39 is 0 Å². The first-order valence-corrected chi connectivity index (χ1v) is 8.61. The largest absolute Gasteiger partial charge is 0.497 e. The number of methoxy groups -OCH3 is 2. The van der Waals surface area contributed by atoms with Crippen LogP contribution in [0.4, 0.5) is 11.5 Å². The second-order valence-electron chi connectivity index (χ2n) is 5.98. The number of ether oxygens (including phenoxy) is 2. The summed E-state index contributed by atoms with van der Waals surface area (Å²) in [6.07, 6.45) is 1.79. The molecule has 0 saturated carbocycles. The van der Waals surface area contributed by atoms with E-state index in [1.165, 1.54) is 0 Å². The van der Waals surface area contributed by atoms with E-state index in [9.17, 15) is 4.79 Å². The number of pyridine rings is 1. The van der Waals surface area contributed by atoms with E-state index in [4.69, 9.17) is 9.47 Å². The van der Waals surface area contributed by atoms with Gasteiger partial charge in [-0.25, -0.2) is 4.98 Å². The summed E-state index contributed by atoms with van der Waals surface area (Å²) < 4.78 is 10.5. The average molecular weight is 356 g/mol. The highest BCUT2D eigenvalue weighted by molar-refractivity contribution is 5.81. The van der Waals surface area contributed by atoms with Gasteiger partial charge in [-0.3, -0.25) is 4.79 Å². The van der Waals surface area contributed by atoms with Crippen molar-refractivity contribution in [1.82, 2.24) is 9.88 Å². The van der Waals surface area contributed by atoms with Crippen molar-refractivity contribution in [2.45, 2.75) is 0 Å². The predicted molar refractivity (Wildman–Crippen MR) is 101 cm³/mol. The molecule has 0 bridgehead atoms. The fourth-order valence-corrected chi connectivity index (χ4v) is 2.95. The Labute approximate surface area is 153 Å². The Balaban J connectivity index is 1.52. The van der Waals surface area contributed by atoms with E-state index in [0.29, 0.717) is 24.6 Å². The van der Waals surface area contributed by atoms with E-state index in [1.807, 2.05) is 35.2 Å². The molecule has 1 fully saturated rings. The van der Waals surface area contributed by atoms with Crippen molar-refractivity contribution >= 4 is 17.4 Å². The Hall–Kier alpha value is -2.96. The molecular weight excluding hydrogens is 332 g/mol. The number of benzene rings is 1. The van der Waals surface area contributed by atoms with Crippen molar-refractivity contribution in [1.29, 1.82) is 0 Å². The second-order valence-corrected chi connectivity index (χ2v) is 5.98. The Morgan fingerprint density at radius 3 is 2.58 bits per heavy atom. The number of carbonyl (C=O) groups is 1. The third kappa shape index (κ3) is 4.17. The highest BCUT2D eigenvalue weighted by Crippen LogP contribution is 2.28. The predicted octanol–water partition coefficient (Wildman–Crippen LogP) is 1.86. The van der Waals surface area contributed by atoms with Crippen molar-refractivity contribution in [3.8, 4) is 11.5 Å². The standard InChI is InChI=1S/C19H24N4O3/c1-25-15-6-7-16(17(13-15)26-2)21-14-19(24)23-11-9-22(10-12-23)18-5-3-4-8-20-18/h3-8,13,21H,9-12,14H2,1-2H3. The molecule has 0 aliphatic carbocycles. The van der Waals surface area contributed by atoms with Gasteiger partial charge in [-0.1, -0.05) is 6.07 Å². The number of anilines is 2. The number of carbonyl (C=O) groups excluding carboxylic acids is 1. The lowest BCUT2D eigenvalue weighted by Crippen LogP contribution is -2.50. The maximum atomic E-state index is 12.5. The van der Waals surface area contributed by atoms with Crippen LogP contribution in [0.15, 0.2) is 42.6 Å². The summed E-state index contributed by atoms with van der Waals surface area (Å²) in [6.45, 7) is 3.18. The minimum atomic E-state index is 0.0727. The quantitative estimate of drug-likeness (QED) is 0.852. The van der Waals surface area contributed by atoms with Gasteiger partial charge in [0, 0.05) is 38.4 Å². The molecule has 7 heteroatoms. The maximum absolute atomic E-state index is 12.5. The van der Waals surface area contributed by atoms with Crippen LogP contribution in [0.25, 0.3) is 0 Å². The topological polar surface area (TPSA) is 66.9 Å². The summed E-state index contributed by atoms with van der Waals surface area (Å²) in [5, 5.41) is 3.16. The van der Waals surface area contributed by atoms with Crippen LogP contribution in [0.2, 0.25) is 0 Å². The van der Waals surface area contributed by atoms with Crippen LogP contribution in [0.5, 0.6) is 11.5 Å². The fourth-order valence-electron chi connectivity index (χ4n) is 2.95. The Bertz CT molecular complexity index is 731. The van der Waals surface area contributed by atoms with Gasteiger partial charge in [-0.05, 0) is 24.3 Å². The summed E-state index contributed by atoms with van der Waals surface area (Å²) >= 11 is 0. The molecule has 3 rings (SSSR count). The van der Waals surface area contributed by atoms with E-state index >= 15 is 0 Å². The zero-order valence-corrected chi connectivity index (χ0v) is 15.1. The van der Waals surface area contributed by atoms with E-state index in [1.54, 1.807) is 26.5 Å². The maximum Gasteiger partial charge on any atom is 0.241 e. The lowest BCUT2D eigenvalue weighted by atomic mass is 10.2. The van der Waals surface area contributed by atoms with Crippen LogP contribution >= 0.6 is 0 Å². The van der Waals surface area contributed by atoms with E-state index in [-0.39, 0.29) is 12.5 Å². The summed E-state index contributed by atoms with van der Waals surface area (Å²) in [6, 6.07) is 11.4. The van der Waals surface area contributed by atoms with Gasteiger partial charge in [0.15, 0.2) is 0 Å². The second kappa shape index (κ2) is 8.42. The zero-order chi connectivity index (χ0) is 18.4. The first kappa shape index (κ1) is 17.8.